The highest BCUT2D eigenvalue weighted by atomic mass is 32.1. The molecule has 1 aliphatic rings. The van der Waals surface area contributed by atoms with Crippen LogP contribution in [-0.4, -0.2) is 33.5 Å². The number of alkyl halides is 3. The number of nitriles is 1. The quantitative estimate of drug-likeness (QED) is 0.0653. The number of unbranched alkanes of at least 4 members (excludes halogenated alkanes) is 6. The number of aromatic nitrogens is 2. The van der Waals surface area contributed by atoms with Crippen LogP contribution in [0.1, 0.15) is 99.2 Å². The van der Waals surface area contributed by atoms with Gasteiger partial charge in [0.05, 0.1) is 23.8 Å². The summed E-state index contributed by atoms with van der Waals surface area (Å²) in [5.41, 5.74) is 4.64. The van der Waals surface area contributed by atoms with Gasteiger partial charge in [0.25, 0.3) is 0 Å². The van der Waals surface area contributed by atoms with Gasteiger partial charge in [-0.25, -0.2) is 0 Å². The zero-order chi connectivity index (χ0) is 34.6. The number of thiol groups is 1. The maximum absolute atomic E-state index is 12.8. The van der Waals surface area contributed by atoms with Gasteiger partial charge in [-0.15, -0.1) is 12.6 Å². The molecule has 0 aliphatic carbocycles. The van der Waals surface area contributed by atoms with Crippen molar-refractivity contribution in [2.75, 3.05) is 6.61 Å². The number of ether oxygens (including phenoxy) is 1. The highest BCUT2D eigenvalue weighted by Crippen LogP contribution is 2.47. The molecule has 0 saturated carbocycles. The fourth-order valence-electron chi connectivity index (χ4n) is 7.71. The molecule has 5 aromatic rings. The van der Waals surface area contributed by atoms with Gasteiger partial charge in [0, 0.05) is 62.9 Å². The summed E-state index contributed by atoms with van der Waals surface area (Å²) in [6.45, 7) is 2.82. The van der Waals surface area contributed by atoms with E-state index in [1.807, 2.05) is 24.3 Å². The summed E-state index contributed by atoms with van der Waals surface area (Å²) in [5, 5.41) is 24.4. The van der Waals surface area contributed by atoms with Gasteiger partial charge in [-0.3, -0.25) is 0 Å². The Bertz CT molecular complexity index is 1930. The molecule has 258 valence electrons. The zero-order valence-electron chi connectivity index (χ0n) is 27.9. The maximum atomic E-state index is 12.8. The normalized spacial score (nSPS) is 15.5. The fourth-order valence-corrected chi connectivity index (χ4v) is 8.03. The smallest absolute Gasteiger partial charge is 0.389 e. The number of hydrogen-bond acceptors (Lipinski definition) is 4. The van der Waals surface area contributed by atoms with Crippen molar-refractivity contribution >= 4 is 34.4 Å². The molecular formula is C40H44F3N3O2S. The average molecular weight is 688 g/mol. The van der Waals surface area contributed by atoms with Crippen LogP contribution in [0.5, 0.6) is 5.75 Å². The lowest BCUT2D eigenvalue weighted by Crippen LogP contribution is -2.41. The molecule has 0 amide bonds. The number of aliphatic hydroxyl groups is 1. The van der Waals surface area contributed by atoms with Crippen molar-refractivity contribution in [3.63, 3.8) is 0 Å². The van der Waals surface area contributed by atoms with Crippen LogP contribution in [0.15, 0.2) is 71.6 Å². The third kappa shape index (κ3) is 8.13. The van der Waals surface area contributed by atoms with Gasteiger partial charge in [0.15, 0.2) is 0 Å². The molecule has 3 aromatic carbocycles. The summed E-state index contributed by atoms with van der Waals surface area (Å²) in [6, 6.07) is 24.5. The molecule has 1 aliphatic heterocycles. The van der Waals surface area contributed by atoms with Gasteiger partial charge in [-0.05, 0) is 67.5 Å². The van der Waals surface area contributed by atoms with Gasteiger partial charge in [-0.2, -0.15) is 18.4 Å². The lowest BCUT2D eigenvalue weighted by molar-refractivity contribution is -0.135. The van der Waals surface area contributed by atoms with Crippen LogP contribution < -0.4 is 4.74 Å². The minimum Gasteiger partial charge on any atom is -0.493 e. The van der Waals surface area contributed by atoms with Crippen LogP contribution in [0.3, 0.4) is 0 Å². The molecule has 0 spiro atoms. The average Bonchev–Trinajstić information content (AvgIpc) is 3.81. The van der Waals surface area contributed by atoms with E-state index in [2.05, 4.69) is 72.0 Å². The molecule has 0 saturated heterocycles. The second-order valence-electron chi connectivity index (χ2n) is 14.0. The van der Waals surface area contributed by atoms with E-state index < -0.39 is 23.6 Å². The van der Waals surface area contributed by atoms with Gasteiger partial charge in [-0.1, -0.05) is 74.9 Å². The van der Waals surface area contributed by atoms with Crippen molar-refractivity contribution in [2.24, 2.45) is 0 Å². The number of nitrogens with zero attached hydrogens (tertiary/aromatic N) is 1. The number of para-hydroxylation sites is 2. The second kappa shape index (κ2) is 14.5. The molecule has 0 radical (unpaired) electrons. The lowest BCUT2D eigenvalue weighted by atomic mass is 9.68. The Labute approximate surface area is 291 Å². The zero-order valence-corrected chi connectivity index (χ0v) is 28.8. The molecule has 9 heteroatoms. The molecule has 3 N–H and O–H groups in total. The van der Waals surface area contributed by atoms with E-state index in [0.717, 1.165) is 83.0 Å². The number of hydrogen-bond donors (Lipinski definition) is 4. The Kier molecular flexibility index (Phi) is 10.4. The van der Waals surface area contributed by atoms with Crippen LogP contribution in [0.25, 0.3) is 21.8 Å². The van der Waals surface area contributed by atoms with Crippen molar-refractivity contribution in [2.45, 2.75) is 106 Å². The van der Waals surface area contributed by atoms with E-state index >= 15 is 0 Å². The minimum absolute atomic E-state index is 0.177. The van der Waals surface area contributed by atoms with Gasteiger partial charge < -0.3 is 19.8 Å². The Balaban J connectivity index is 1.29. The third-order valence-corrected chi connectivity index (χ3v) is 10.5. The van der Waals surface area contributed by atoms with Crippen molar-refractivity contribution in [3.8, 4) is 11.8 Å². The van der Waals surface area contributed by atoms with Crippen molar-refractivity contribution < 1.29 is 23.0 Å². The minimum atomic E-state index is -4.09. The summed E-state index contributed by atoms with van der Waals surface area (Å²) < 4.78 is 43.8. The predicted octanol–water partition coefficient (Wildman–Crippen LogP) is 10.5. The lowest BCUT2D eigenvalue weighted by Gasteiger charge is -2.39. The van der Waals surface area contributed by atoms with E-state index in [0.29, 0.717) is 42.7 Å². The first-order valence-corrected chi connectivity index (χ1v) is 17.8. The van der Waals surface area contributed by atoms with Gasteiger partial charge in [0.1, 0.15) is 5.75 Å². The van der Waals surface area contributed by atoms with Crippen molar-refractivity contribution in [1.82, 2.24) is 9.97 Å². The standard InChI is InChI=1S/C40H44F3N3O2S/c1-38(32-14-11-13-28-16-19-48-37(28)32,36-22-29-12-7-8-15-33(29)46-36)26-39(47,17-9-5-3-2-4-6-10-18-40(41,42)43)24-30-23-31-34(45-30)20-27(25-44)21-35(31)49/h7-8,11-15,20-23,45-47,49H,2-6,9-10,16-19,24,26H2,1H3. The van der Waals surface area contributed by atoms with E-state index in [1.54, 1.807) is 6.07 Å². The molecule has 6 rings (SSSR count). The van der Waals surface area contributed by atoms with E-state index in [9.17, 15) is 23.5 Å². The van der Waals surface area contributed by atoms with Crippen LogP contribution >= 0.6 is 12.6 Å². The van der Waals surface area contributed by atoms with Crippen molar-refractivity contribution in [3.05, 3.63) is 94.8 Å². The van der Waals surface area contributed by atoms with Crippen molar-refractivity contribution in [1.29, 1.82) is 5.26 Å². The number of aromatic amines is 2. The Morgan fingerprint density at radius 3 is 2.35 bits per heavy atom. The second-order valence-corrected chi connectivity index (χ2v) is 14.5. The first-order chi connectivity index (χ1) is 23.5. The monoisotopic (exact) mass is 687 g/mol. The largest absolute Gasteiger partial charge is 0.493 e. The van der Waals surface area contributed by atoms with Gasteiger partial charge >= 0.3 is 6.18 Å². The van der Waals surface area contributed by atoms with Crippen LogP contribution in [0, 0.1) is 11.3 Å². The summed E-state index contributed by atoms with van der Waals surface area (Å²) in [5.74, 6) is 0.894. The Hall–Kier alpha value is -3.87. The number of nitrogens with one attached hydrogen (secondary N) is 2. The highest BCUT2D eigenvalue weighted by Gasteiger charge is 2.43. The molecule has 49 heavy (non-hydrogen) atoms. The third-order valence-electron chi connectivity index (χ3n) is 10.1. The van der Waals surface area contributed by atoms with Gasteiger partial charge in [0.2, 0.25) is 0 Å². The topological polar surface area (TPSA) is 84.8 Å². The maximum Gasteiger partial charge on any atom is 0.389 e. The number of benzene rings is 3. The Morgan fingerprint density at radius 1 is 0.878 bits per heavy atom. The molecule has 2 aromatic heterocycles. The molecular weight excluding hydrogens is 644 g/mol. The molecule has 2 unspecified atom stereocenters. The highest BCUT2D eigenvalue weighted by molar-refractivity contribution is 7.80. The van der Waals surface area contributed by atoms with E-state index in [-0.39, 0.29) is 6.42 Å². The van der Waals surface area contributed by atoms with Crippen LogP contribution in [0.2, 0.25) is 0 Å². The number of H-pyrrole nitrogens is 2. The fraction of sp³-hybridized carbons (Fsp3) is 0.425. The number of rotatable bonds is 15. The summed E-state index contributed by atoms with van der Waals surface area (Å²) in [7, 11) is 0. The summed E-state index contributed by atoms with van der Waals surface area (Å²) in [6.07, 6.45) is 2.35. The van der Waals surface area contributed by atoms with Crippen LogP contribution in [0.4, 0.5) is 13.2 Å². The molecule has 3 heterocycles. The first-order valence-electron chi connectivity index (χ1n) is 17.3. The predicted molar refractivity (Wildman–Crippen MR) is 192 cm³/mol. The molecule has 5 nitrogen and oxygen atoms in total. The van der Waals surface area contributed by atoms with E-state index in [1.165, 1.54) is 5.56 Å². The number of fused-ring (bicyclic) bond motifs is 3. The Morgan fingerprint density at radius 2 is 1.61 bits per heavy atom. The van der Waals surface area contributed by atoms with Crippen LogP contribution in [-0.2, 0) is 18.3 Å². The van der Waals surface area contributed by atoms with E-state index in [4.69, 9.17) is 4.74 Å². The summed E-state index contributed by atoms with van der Waals surface area (Å²) >= 11 is 4.64. The molecule has 2 atom stereocenters. The summed E-state index contributed by atoms with van der Waals surface area (Å²) in [4.78, 5) is 7.85. The number of halogens is 3. The first kappa shape index (κ1) is 35.0. The SMILES string of the molecule is CC(CC(O)(CCCCCCCCCC(F)(F)F)Cc1cc2c(S)cc(C#N)cc2[nH]1)(c1cc2ccccc2[nH]1)c1cccc2c1OCC2. The molecule has 0 fully saturated rings. The molecule has 0 bridgehead atoms.